The van der Waals surface area contributed by atoms with Gasteiger partial charge in [-0.05, 0) is 49.9 Å². The Kier molecular flexibility index (Phi) is 4.37. The van der Waals surface area contributed by atoms with Crippen LogP contribution in [0.15, 0.2) is 30.5 Å². The van der Waals surface area contributed by atoms with Crippen molar-refractivity contribution in [1.29, 1.82) is 0 Å². The molecule has 7 nitrogen and oxygen atoms in total. The van der Waals surface area contributed by atoms with E-state index in [1.807, 2.05) is 25.1 Å². The van der Waals surface area contributed by atoms with Gasteiger partial charge in [0.2, 0.25) is 0 Å². The van der Waals surface area contributed by atoms with Gasteiger partial charge in [0.1, 0.15) is 5.75 Å². The van der Waals surface area contributed by atoms with Crippen molar-refractivity contribution in [2.45, 2.75) is 26.2 Å². The summed E-state index contributed by atoms with van der Waals surface area (Å²) in [4.78, 5) is 30.7. The lowest BCUT2D eigenvalue weighted by Gasteiger charge is -2.23. The molecule has 0 unspecified atom stereocenters. The van der Waals surface area contributed by atoms with Crippen LogP contribution in [0.3, 0.4) is 0 Å². The zero-order valence-electron chi connectivity index (χ0n) is 15.3. The van der Waals surface area contributed by atoms with Gasteiger partial charge in [0.25, 0.3) is 0 Å². The fourth-order valence-corrected chi connectivity index (χ4v) is 4.52. The van der Waals surface area contributed by atoms with E-state index < -0.39 is 11.4 Å². The number of benzene rings is 1. The number of anilines is 1. The Balaban J connectivity index is 1.58. The average Bonchev–Trinajstić information content (AvgIpc) is 3.22. The monoisotopic (exact) mass is 369 g/mol. The first-order valence-electron chi connectivity index (χ1n) is 9.35. The van der Waals surface area contributed by atoms with Crippen molar-refractivity contribution in [3.05, 3.63) is 30.5 Å². The van der Waals surface area contributed by atoms with E-state index in [1.165, 1.54) is 0 Å². The SMILES string of the molecule is CCOc1ccc(NC(=O)N2C[C@@H]3CCC[C@@]3(C(=O)O)C2)c2ncccc12. The van der Waals surface area contributed by atoms with E-state index >= 15 is 0 Å². The van der Waals surface area contributed by atoms with Crippen LogP contribution in [0.4, 0.5) is 10.5 Å². The molecule has 2 amide bonds. The Hall–Kier alpha value is -2.83. The lowest BCUT2D eigenvalue weighted by molar-refractivity contribution is -0.149. The number of hydrogen-bond acceptors (Lipinski definition) is 4. The van der Waals surface area contributed by atoms with Gasteiger partial charge < -0.3 is 20.1 Å². The lowest BCUT2D eigenvalue weighted by atomic mass is 9.81. The largest absolute Gasteiger partial charge is 0.493 e. The van der Waals surface area contributed by atoms with Crippen LogP contribution in [-0.4, -0.2) is 46.7 Å². The molecule has 7 heteroatoms. The second-order valence-corrected chi connectivity index (χ2v) is 7.30. The lowest BCUT2D eigenvalue weighted by Crippen LogP contribution is -2.38. The summed E-state index contributed by atoms with van der Waals surface area (Å²) in [6, 6.07) is 7.06. The van der Waals surface area contributed by atoms with Gasteiger partial charge >= 0.3 is 12.0 Å². The molecule has 142 valence electrons. The molecule has 1 saturated heterocycles. The first-order chi connectivity index (χ1) is 13.0. The first kappa shape index (κ1) is 17.6. The van der Waals surface area contributed by atoms with E-state index in [1.54, 1.807) is 17.2 Å². The number of amides is 2. The number of hydrogen-bond donors (Lipinski definition) is 2. The van der Waals surface area contributed by atoms with Gasteiger partial charge in [-0.2, -0.15) is 0 Å². The number of carbonyl (C=O) groups excluding carboxylic acids is 1. The van der Waals surface area contributed by atoms with Crippen LogP contribution in [0.25, 0.3) is 10.9 Å². The summed E-state index contributed by atoms with van der Waals surface area (Å²) in [6.07, 6.45) is 4.10. The molecule has 2 N–H and O–H groups in total. The third kappa shape index (κ3) is 2.87. The van der Waals surface area contributed by atoms with Crippen molar-refractivity contribution in [3.63, 3.8) is 0 Å². The van der Waals surface area contributed by atoms with E-state index in [0.717, 1.165) is 24.0 Å². The van der Waals surface area contributed by atoms with Crippen LogP contribution in [0.2, 0.25) is 0 Å². The fraction of sp³-hybridized carbons (Fsp3) is 0.450. The summed E-state index contributed by atoms with van der Waals surface area (Å²) >= 11 is 0. The molecule has 0 bridgehead atoms. The van der Waals surface area contributed by atoms with Gasteiger partial charge in [0.05, 0.1) is 23.2 Å². The molecule has 2 aliphatic rings. The van der Waals surface area contributed by atoms with Crippen LogP contribution in [0.5, 0.6) is 5.75 Å². The number of nitrogens with zero attached hydrogens (tertiary/aromatic N) is 2. The van der Waals surface area contributed by atoms with Gasteiger partial charge in [-0.1, -0.05) is 6.42 Å². The van der Waals surface area contributed by atoms with Gasteiger partial charge in [-0.25, -0.2) is 4.79 Å². The van der Waals surface area contributed by atoms with E-state index in [0.29, 0.717) is 30.8 Å². The third-order valence-electron chi connectivity index (χ3n) is 5.85. The number of rotatable bonds is 4. The van der Waals surface area contributed by atoms with Crippen molar-refractivity contribution in [3.8, 4) is 5.75 Å². The standard InChI is InChI=1S/C20H23N3O4/c1-2-27-16-8-7-15(17-14(16)6-4-10-21-17)22-19(26)23-11-13-5-3-9-20(13,12-23)18(24)25/h4,6-8,10,13H,2-3,5,9,11-12H2,1H3,(H,22,26)(H,24,25)/t13-,20+/m0/s1. The summed E-state index contributed by atoms with van der Waals surface area (Å²) in [6.45, 7) is 3.21. The van der Waals surface area contributed by atoms with Crippen molar-refractivity contribution < 1.29 is 19.4 Å². The highest BCUT2D eigenvalue weighted by Gasteiger charge is 2.55. The zero-order chi connectivity index (χ0) is 19.0. The van der Waals surface area contributed by atoms with Crippen molar-refractivity contribution in [2.75, 3.05) is 25.0 Å². The summed E-state index contributed by atoms with van der Waals surface area (Å²) in [5, 5.41) is 13.5. The highest BCUT2D eigenvalue weighted by atomic mass is 16.5. The first-order valence-corrected chi connectivity index (χ1v) is 9.35. The Morgan fingerprint density at radius 2 is 2.26 bits per heavy atom. The number of pyridine rings is 1. The number of aromatic nitrogens is 1. The molecule has 1 aromatic carbocycles. The molecular formula is C20H23N3O4. The predicted molar refractivity (Wildman–Crippen MR) is 101 cm³/mol. The minimum atomic E-state index is -0.784. The molecule has 2 atom stereocenters. The summed E-state index contributed by atoms with van der Waals surface area (Å²) in [7, 11) is 0. The highest BCUT2D eigenvalue weighted by molar-refractivity contribution is 6.02. The number of likely N-dealkylation sites (tertiary alicyclic amines) is 1. The maximum absolute atomic E-state index is 12.8. The third-order valence-corrected chi connectivity index (χ3v) is 5.85. The Labute approximate surface area is 157 Å². The molecule has 4 rings (SSSR count). The number of fused-ring (bicyclic) bond motifs is 2. The molecule has 1 aliphatic heterocycles. The number of carboxylic acid groups (broad SMARTS) is 1. The molecular weight excluding hydrogens is 346 g/mol. The zero-order valence-corrected chi connectivity index (χ0v) is 15.3. The maximum atomic E-state index is 12.8. The normalized spacial score (nSPS) is 24.0. The van der Waals surface area contributed by atoms with Gasteiger partial charge in [-0.15, -0.1) is 0 Å². The maximum Gasteiger partial charge on any atom is 0.321 e. The smallest absolute Gasteiger partial charge is 0.321 e. The molecule has 2 heterocycles. The summed E-state index contributed by atoms with van der Waals surface area (Å²) in [5.74, 6) is -0.0245. The van der Waals surface area contributed by atoms with E-state index in [9.17, 15) is 14.7 Å². The molecule has 0 spiro atoms. The minimum Gasteiger partial charge on any atom is -0.493 e. The molecule has 2 aromatic rings. The van der Waals surface area contributed by atoms with Crippen LogP contribution in [0.1, 0.15) is 26.2 Å². The second-order valence-electron chi connectivity index (χ2n) is 7.30. The number of carbonyl (C=O) groups is 2. The van der Waals surface area contributed by atoms with Crippen LogP contribution in [-0.2, 0) is 4.79 Å². The number of nitrogens with one attached hydrogen (secondary N) is 1. The van der Waals surface area contributed by atoms with Crippen LogP contribution < -0.4 is 10.1 Å². The van der Waals surface area contributed by atoms with Crippen LogP contribution >= 0.6 is 0 Å². The van der Waals surface area contributed by atoms with E-state index in [4.69, 9.17) is 4.74 Å². The van der Waals surface area contributed by atoms with Crippen molar-refractivity contribution >= 4 is 28.6 Å². The predicted octanol–water partition coefficient (Wildman–Crippen LogP) is 3.35. The average molecular weight is 369 g/mol. The van der Waals surface area contributed by atoms with Gasteiger partial charge in [0, 0.05) is 24.7 Å². The quantitative estimate of drug-likeness (QED) is 0.862. The molecule has 27 heavy (non-hydrogen) atoms. The molecule has 2 fully saturated rings. The second kappa shape index (κ2) is 6.72. The van der Waals surface area contributed by atoms with E-state index in [2.05, 4.69) is 10.3 Å². The van der Waals surface area contributed by atoms with E-state index in [-0.39, 0.29) is 18.5 Å². The summed E-state index contributed by atoms with van der Waals surface area (Å²) < 4.78 is 5.64. The number of aliphatic carboxylic acids is 1. The topological polar surface area (TPSA) is 91.8 Å². The van der Waals surface area contributed by atoms with Gasteiger partial charge in [-0.3, -0.25) is 9.78 Å². The van der Waals surface area contributed by atoms with Crippen LogP contribution in [0, 0.1) is 11.3 Å². The summed E-state index contributed by atoms with van der Waals surface area (Å²) in [5.41, 5.74) is 0.473. The molecule has 1 aliphatic carbocycles. The molecule has 1 aromatic heterocycles. The fourth-order valence-electron chi connectivity index (χ4n) is 4.52. The Morgan fingerprint density at radius 3 is 3.00 bits per heavy atom. The number of ether oxygens (including phenoxy) is 1. The van der Waals surface area contributed by atoms with Gasteiger partial charge in [0.15, 0.2) is 0 Å². The Bertz CT molecular complexity index is 900. The van der Waals surface area contributed by atoms with Crippen molar-refractivity contribution in [2.24, 2.45) is 11.3 Å². The number of carboxylic acids is 1. The molecule has 1 saturated carbocycles. The molecule has 0 radical (unpaired) electrons. The minimum absolute atomic E-state index is 0.0379. The highest BCUT2D eigenvalue weighted by Crippen LogP contribution is 2.49. The Morgan fingerprint density at radius 1 is 1.41 bits per heavy atom. The number of urea groups is 1. The van der Waals surface area contributed by atoms with Crippen molar-refractivity contribution in [1.82, 2.24) is 9.88 Å².